The lowest BCUT2D eigenvalue weighted by atomic mass is 10.2. The number of hydrogen-bond donors (Lipinski definition) is 1. The van der Waals surface area contributed by atoms with Crippen LogP contribution in [-0.4, -0.2) is 23.9 Å². The minimum Gasteiger partial charge on any atom is -0.496 e. The Morgan fingerprint density at radius 3 is 2.53 bits per heavy atom. The van der Waals surface area contributed by atoms with Crippen LogP contribution < -0.4 is 10.5 Å². The number of esters is 1. The minimum atomic E-state index is -0.475. The number of anilines is 1. The highest BCUT2D eigenvalue weighted by Gasteiger charge is 2.23. The highest BCUT2D eigenvalue weighted by Crippen LogP contribution is 2.34. The molecule has 1 atom stereocenters. The maximum Gasteiger partial charge on any atom is 0.319 e. The third-order valence-corrected chi connectivity index (χ3v) is 3.37. The number of methoxy groups -OCH3 is 1. The molecule has 0 saturated heterocycles. The molecular weight excluding hydrogens is 262 g/mol. The first-order valence-electron chi connectivity index (χ1n) is 6.06. The molecule has 0 bridgehead atoms. The molecule has 0 aromatic heterocycles. The van der Waals surface area contributed by atoms with Gasteiger partial charge in [-0.3, -0.25) is 4.79 Å². The lowest BCUT2D eigenvalue weighted by Gasteiger charge is -2.22. The van der Waals surface area contributed by atoms with Crippen LogP contribution in [0.25, 0.3) is 0 Å². The summed E-state index contributed by atoms with van der Waals surface area (Å²) in [4.78, 5) is 12.8. The van der Waals surface area contributed by atoms with Gasteiger partial charge in [-0.15, -0.1) is 11.8 Å². The van der Waals surface area contributed by atoms with Gasteiger partial charge in [0.15, 0.2) is 0 Å². The summed E-state index contributed by atoms with van der Waals surface area (Å²) in [6.45, 7) is 7.37. The number of benzene rings is 1. The summed E-state index contributed by atoms with van der Waals surface area (Å²) in [6.07, 6.45) is 0. The van der Waals surface area contributed by atoms with Crippen LogP contribution >= 0.6 is 11.8 Å². The molecule has 106 valence electrons. The second kappa shape index (κ2) is 6.19. The van der Waals surface area contributed by atoms with Gasteiger partial charge in [-0.1, -0.05) is 0 Å². The monoisotopic (exact) mass is 283 g/mol. The van der Waals surface area contributed by atoms with Gasteiger partial charge in [-0.25, -0.2) is 0 Å². The van der Waals surface area contributed by atoms with E-state index in [1.54, 1.807) is 19.2 Å². The minimum absolute atomic E-state index is 0.239. The average Bonchev–Trinajstić information content (AvgIpc) is 2.29. The quantitative estimate of drug-likeness (QED) is 0.522. The molecule has 1 aromatic rings. The Bertz CT molecular complexity index is 454. The van der Waals surface area contributed by atoms with Crippen LogP contribution in [0.3, 0.4) is 0 Å². The molecule has 0 heterocycles. The molecule has 0 spiro atoms. The number of thioether (sulfide) groups is 1. The largest absolute Gasteiger partial charge is 0.496 e. The van der Waals surface area contributed by atoms with Crippen LogP contribution in [-0.2, 0) is 9.53 Å². The molecule has 0 radical (unpaired) electrons. The van der Waals surface area contributed by atoms with Gasteiger partial charge in [0.2, 0.25) is 0 Å². The summed E-state index contributed by atoms with van der Waals surface area (Å²) in [5, 5.41) is -0.309. The summed E-state index contributed by atoms with van der Waals surface area (Å²) in [6, 6.07) is 5.37. The van der Waals surface area contributed by atoms with E-state index in [0.29, 0.717) is 11.4 Å². The summed E-state index contributed by atoms with van der Waals surface area (Å²) >= 11 is 1.40. The third-order valence-electron chi connectivity index (χ3n) is 2.23. The van der Waals surface area contributed by atoms with Crippen molar-refractivity contribution in [3.05, 3.63) is 18.2 Å². The molecule has 0 fully saturated rings. The smallest absolute Gasteiger partial charge is 0.319 e. The van der Waals surface area contributed by atoms with E-state index in [2.05, 4.69) is 0 Å². The van der Waals surface area contributed by atoms with Gasteiger partial charge in [0.25, 0.3) is 0 Å². The molecule has 1 aromatic carbocycles. The molecule has 1 rings (SSSR count). The first-order valence-corrected chi connectivity index (χ1v) is 6.94. The van der Waals surface area contributed by atoms with Crippen LogP contribution in [0.1, 0.15) is 27.7 Å². The number of nitrogen functional groups attached to an aromatic ring is 1. The fourth-order valence-corrected chi connectivity index (χ4v) is 2.34. The zero-order valence-electron chi connectivity index (χ0n) is 12.0. The van der Waals surface area contributed by atoms with Crippen LogP contribution in [0.15, 0.2) is 23.1 Å². The van der Waals surface area contributed by atoms with Crippen LogP contribution in [0.2, 0.25) is 0 Å². The molecule has 0 saturated carbocycles. The predicted molar refractivity (Wildman–Crippen MR) is 78.6 cm³/mol. The second-order valence-electron chi connectivity index (χ2n) is 5.20. The zero-order valence-corrected chi connectivity index (χ0v) is 12.8. The van der Waals surface area contributed by atoms with E-state index >= 15 is 0 Å². The fraction of sp³-hybridized carbons (Fsp3) is 0.500. The van der Waals surface area contributed by atoms with Crippen molar-refractivity contribution >= 4 is 23.4 Å². The van der Waals surface area contributed by atoms with Gasteiger partial charge in [0.1, 0.15) is 16.6 Å². The average molecular weight is 283 g/mol. The van der Waals surface area contributed by atoms with Gasteiger partial charge < -0.3 is 15.2 Å². The lowest BCUT2D eigenvalue weighted by Crippen LogP contribution is -2.28. The first kappa shape index (κ1) is 15.7. The predicted octanol–water partition coefficient (Wildman–Crippen LogP) is 3.10. The third kappa shape index (κ3) is 5.03. The molecular formula is C14H21NO3S. The molecule has 0 aliphatic rings. The van der Waals surface area contributed by atoms with Crippen molar-refractivity contribution in [2.75, 3.05) is 12.8 Å². The topological polar surface area (TPSA) is 61.5 Å². The zero-order chi connectivity index (χ0) is 14.6. The summed E-state index contributed by atoms with van der Waals surface area (Å²) in [7, 11) is 1.58. The fourth-order valence-electron chi connectivity index (χ4n) is 1.40. The van der Waals surface area contributed by atoms with E-state index in [1.165, 1.54) is 11.8 Å². The van der Waals surface area contributed by atoms with Crippen LogP contribution in [0.4, 0.5) is 5.69 Å². The van der Waals surface area contributed by atoms with Crippen molar-refractivity contribution in [3.8, 4) is 5.75 Å². The molecule has 2 N–H and O–H groups in total. The molecule has 1 unspecified atom stereocenters. The summed E-state index contributed by atoms with van der Waals surface area (Å²) in [5.74, 6) is 0.428. The normalized spacial score (nSPS) is 12.9. The van der Waals surface area contributed by atoms with Crippen molar-refractivity contribution in [3.63, 3.8) is 0 Å². The van der Waals surface area contributed by atoms with Crippen LogP contribution in [0, 0.1) is 0 Å². The molecule has 0 aliphatic carbocycles. The van der Waals surface area contributed by atoms with Crippen molar-refractivity contribution in [2.24, 2.45) is 0 Å². The number of hydrogen-bond acceptors (Lipinski definition) is 5. The van der Waals surface area contributed by atoms with Gasteiger partial charge in [-0.05, 0) is 39.8 Å². The second-order valence-corrected chi connectivity index (χ2v) is 6.59. The Hall–Kier alpha value is -1.36. The van der Waals surface area contributed by atoms with Crippen molar-refractivity contribution in [2.45, 2.75) is 43.4 Å². The van der Waals surface area contributed by atoms with Gasteiger partial charge >= 0.3 is 5.97 Å². The Balaban J connectivity index is 2.76. The number of rotatable bonds is 4. The Labute approximate surface area is 118 Å². The van der Waals surface area contributed by atoms with E-state index in [4.69, 9.17) is 15.2 Å². The molecule has 4 nitrogen and oxygen atoms in total. The van der Waals surface area contributed by atoms with Gasteiger partial charge in [0.05, 0.1) is 12.0 Å². The number of ether oxygens (including phenoxy) is 2. The van der Waals surface area contributed by atoms with E-state index < -0.39 is 5.60 Å². The van der Waals surface area contributed by atoms with E-state index in [1.807, 2.05) is 33.8 Å². The van der Waals surface area contributed by atoms with E-state index in [-0.39, 0.29) is 11.2 Å². The van der Waals surface area contributed by atoms with E-state index in [9.17, 15) is 4.79 Å². The number of nitrogens with two attached hydrogens (primary N) is 1. The number of carbonyl (C=O) groups is 1. The molecule has 0 amide bonds. The first-order chi connectivity index (χ1) is 8.73. The Kier molecular flexibility index (Phi) is 5.11. The van der Waals surface area contributed by atoms with Crippen molar-refractivity contribution in [1.82, 2.24) is 0 Å². The molecule has 19 heavy (non-hydrogen) atoms. The highest BCUT2D eigenvalue weighted by molar-refractivity contribution is 8.00. The SMILES string of the molecule is COc1cc(N)ccc1SC(C)C(=O)OC(C)(C)C. The number of carbonyl (C=O) groups excluding carboxylic acids is 1. The maximum atomic E-state index is 11.9. The maximum absolute atomic E-state index is 11.9. The molecule has 0 aliphatic heterocycles. The Morgan fingerprint density at radius 1 is 1.37 bits per heavy atom. The highest BCUT2D eigenvalue weighted by atomic mass is 32.2. The van der Waals surface area contributed by atoms with Gasteiger partial charge in [-0.2, -0.15) is 0 Å². The van der Waals surface area contributed by atoms with Crippen molar-refractivity contribution < 1.29 is 14.3 Å². The standard InChI is InChI=1S/C14H21NO3S/c1-9(13(16)18-14(2,3)4)19-12-7-6-10(15)8-11(12)17-5/h6-9H,15H2,1-5H3. The summed E-state index contributed by atoms with van der Waals surface area (Å²) < 4.78 is 10.6. The van der Waals surface area contributed by atoms with E-state index in [0.717, 1.165) is 4.90 Å². The summed E-state index contributed by atoms with van der Waals surface area (Å²) in [5.41, 5.74) is 5.85. The van der Waals surface area contributed by atoms with Crippen molar-refractivity contribution in [1.29, 1.82) is 0 Å². The Morgan fingerprint density at radius 2 is 2.00 bits per heavy atom. The molecule has 5 heteroatoms. The lowest BCUT2D eigenvalue weighted by molar-refractivity contribution is -0.153. The van der Waals surface area contributed by atoms with Crippen LogP contribution in [0.5, 0.6) is 5.75 Å². The van der Waals surface area contributed by atoms with Gasteiger partial charge in [0, 0.05) is 11.8 Å².